The Bertz CT molecular complexity index is 552. The molecule has 0 saturated carbocycles. The molecule has 0 saturated heterocycles. The Kier molecular flexibility index (Phi) is 7.80. The molecule has 1 aromatic heterocycles. The highest BCUT2D eigenvalue weighted by molar-refractivity contribution is 5.83. The molecule has 0 bridgehead atoms. The molecule has 0 aromatic carbocycles. The van der Waals surface area contributed by atoms with Crippen molar-refractivity contribution in [2.45, 2.75) is 26.1 Å². The number of halogens is 3. The van der Waals surface area contributed by atoms with Crippen LogP contribution in [0, 0.1) is 0 Å². The Labute approximate surface area is 137 Å². The Morgan fingerprint density at radius 3 is 2.67 bits per heavy atom. The SMILES string of the molecule is CCCNC(=O)CNC(=O)NCc1ccnc(OCC(F)(F)F)c1. The van der Waals surface area contributed by atoms with Crippen LogP contribution in [0.3, 0.4) is 0 Å². The highest BCUT2D eigenvalue weighted by Gasteiger charge is 2.28. The molecule has 7 nitrogen and oxygen atoms in total. The van der Waals surface area contributed by atoms with Crippen molar-refractivity contribution >= 4 is 11.9 Å². The molecule has 1 aromatic rings. The van der Waals surface area contributed by atoms with Crippen LogP contribution in [0.15, 0.2) is 18.3 Å². The summed E-state index contributed by atoms with van der Waals surface area (Å²) in [6.45, 7) is 0.876. The average molecular weight is 348 g/mol. The summed E-state index contributed by atoms with van der Waals surface area (Å²) < 4.78 is 40.7. The minimum atomic E-state index is -4.45. The Hall–Kier alpha value is -2.52. The molecule has 0 aliphatic heterocycles. The van der Waals surface area contributed by atoms with Crippen molar-refractivity contribution in [3.8, 4) is 5.88 Å². The first kappa shape index (κ1) is 19.5. The number of carbonyl (C=O) groups excluding carboxylic acids is 2. The number of nitrogens with one attached hydrogen (secondary N) is 3. The third kappa shape index (κ3) is 8.81. The van der Waals surface area contributed by atoms with Crippen molar-refractivity contribution in [3.63, 3.8) is 0 Å². The number of nitrogens with zero attached hydrogens (tertiary/aromatic N) is 1. The Balaban J connectivity index is 2.36. The first-order valence-corrected chi connectivity index (χ1v) is 7.23. The molecule has 1 heterocycles. The molecule has 0 atom stereocenters. The van der Waals surface area contributed by atoms with E-state index in [1.807, 2.05) is 6.92 Å². The molecule has 1 rings (SSSR count). The quantitative estimate of drug-likeness (QED) is 0.661. The summed E-state index contributed by atoms with van der Waals surface area (Å²) in [6, 6.07) is 2.24. The van der Waals surface area contributed by atoms with Crippen LogP contribution in [-0.2, 0) is 11.3 Å². The number of urea groups is 1. The highest BCUT2D eigenvalue weighted by Crippen LogP contribution is 2.17. The lowest BCUT2D eigenvalue weighted by Gasteiger charge is -2.10. The van der Waals surface area contributed by atoms with Crippen LogP contribution in [0.25, 0.3) is 0 Å². The largest absolute Gasteiger partial charge is 0.468 e. The lowest BCUT2D eigenvalue weighted by atomic mass is 10.2. The van der Waals surface area contributed by atoms with Gasteiger partial charge in [-0.1, -0.05) is 6.92 Å². The Morgan fingerprint density at radius 2 is 2.00 bits per heavy atom. The van der Waals surface area contributed by atoms with Gasteiger partial charge in [0.1, 0.15) is 0 Å². The van der Waals surface area contributed by atoms with E-state index in [2.05, 4.69) is 25.7 Å². The van der Waals surface area contributed by atoms with Crippen LogP contribution in [-0.4, -0.2) is 42.8 Å². The number of alkyl halides is 3. The summed E-state index contributed by atoms with van der Waals surface area (Å²) in [5, 5.41) is 7.43. The van der Waals surface area contributed by atoms with E-state index < -0.39 is 18.8 Å². The maximum atomic E-state index is 12.1. The van der Waals surface area contributed by atoms with Crippen LogP contribution < -0.4 is 20.7 Å². The van der Waals surface area contributed by atoms with E-state index in [0.717, 1.165) is 6.42 Å². The van der Waals surface area contributed by atoms with Gasteiger partial charge >= 0.3 is 12.2 Å². The minimum absolute atomic E-state index is 0.0489. The fourth-order valence-electron chi connectivity index (χ4n) is 1.53. The van der Waals surface area contributed by atoms with Gasteiger partial charge in [0.25, 0.3) is 0 Å². The van der Waals surface area contributed by atoms with E-state index in [4.69, 9.17) is 0 Å². The van der Waals surface area contributed by atoms with E-state index in [0.29, 0.717) is 12.1 Å². The summed E-state index contributed by atoms with van der Waals surface area (Å²) in [4.78, 5) is 26.5. The molecule has 0 spiro atoms. The van der Waals surface area contributed by atoms with Gasteiger partial charge in [-0.05, 0) is 18.1 Å². The fourth-order valence-corrected chi connectivity index (χ4v) is 1.53. The summed E-state index contributed by atoms with van der Waals surface area (Å²) in [7, 11) is 0. The number of amides is 3. The van der Waals surface area contributed by atoms with E-state index in [9.17, 15) is 22.8 Å². The normalized spacial score (nSPS) is 10.8. The molecule has 3 amide bonds. The van der Waals surface area contributed by atoms with Gasteiger partial charge in [-0.2, -0.15) is 13.2 Å². The lowest BCUT2D eigenvalue weighted by Crippen LogP contribution is -2.41. The zero-order valence-electron chi connectivity index (χ0n) is 13.1. The van der Waals surface area contributed by atoms with Crippen molar-refractivity contribution in [2.24, 2.45) is 0 Å². The lowest BCUT2D eigenvalue weighted by molar-refractivity contribution is -0.154. The van der Waals surface area contributed by atoms with E-state index >= 15 is 0 Å². The number of hydrogen-bond acceptors (Lipinski definition) is 4. The molecule has 0 unspecified atom stereocenters. The molecule has 24 heavy (non-hydrogen) atoms. The first-order chi connectivity index (χ1) is 11.3. The van der Waals surface area contributed by atoms with Crippen LogP contribution in [0.5, 0.6) is 5.88 Å². The smallest absolute Gasteiger partial charge is 0.422 e. The standard InChI is InChI=1S/C14H19F3N4O3/c1-2-4-18-11(22)8-21-13(23)20-7-10-3-5-19-12(6-10)24-9-14(15,16)17/h3,5-6H,2,4,7-9H2,1H3,(H,18,22)(H2,20,21,23). The third-order valence-electron chi connectivity index (χ3n) is 2.62. The number of carbonyl (C=O) groups is 2. The van der Waals surface area contributed by atoms with Crippen molar-refractivity contribution in [1.82, 2.24) is 20.9 Å². The minimum Gasteiger partial charge on any atom is -0.468 e. The van der Waals surface area contributed by atoms with Crippen molar-refractivity contribution in [2.75, 3.05) is 19.7 Å². The van der Waals surface area contributed by atoms with Crippen molar-refractivity contribution in [3.05, 3.63) is 23.9 Å². The monoisotopic (exact) mass is 348 g/mol. The second-order valence-corrected chi connectivity index (χ2v) is 4.79. The summed E-state index contributed by atoms with van der Waals surface area (Å²) in [6.07, 6.45) is -2.38. The van der Waals surface area contributed by atoms with E-state index in [1.165, 1.54) is 18.3 Å². The molecule has 134 valence electrons. The van der Waals surface area contributed by atoms with Gasteiger partial charge in [-0.15, -0.1) is 0 Å². The second-order valence-electron chi connectivity index (χ2n) is 4.79. The van der Waals surface area contributed by atoms with Crippen LogP contribution in [0.1, 0.15) is 18.9 Å². The molecule has 0 aliphatic carbocycles. The van der Waals surface area contributed by atoms with E-state index in [1.54, 1.807) is 0 Å². The summed E-state index contributed by atoms with van der Waals surface area (Å²) in [5.74, 6) is -0.496. The van der Waals surface area contributed by atoms with Gasteiger partial charge in [0.05, 0.1) is 6.54 Å². The number of ether oxygens (including phenoxy) is 1. The molecule has 0 fully saturated rings. The fraction of sp³-hybridized carbons (Fsp3) is 0.500. The second kappa shape index (κ2) is 9.58. The van der Waals surface area contributed by atoms with Crippen molar-refractivity contribution < 1.29 is 27.5 Å². The molecular weight excluding hydrogens is 329 g/mol. The average Bonchev–Trinajstić information content (AvgIpc) is 2.54. The first-order valence-electron chi connectivity index (χ1n) is 7.23. The maximum Gasteiger partial charge on any atom is 0.422 e. The van der Waals surface area contributed by atoms with Crippen LogP contribution >= 0.6 is 0 Å². The van der Waals surface area contributed by atoms with Gasteiger partial charge in [0, 0.05) is 25.4 Å². The van der Waals surface area contributed by atoms with Gasteiger partial charge in [0.2, 0.25) is 11.8 Å². The molecule has 0 radical (unpaired) electrons. The van der Waals surface area contributed by atoms with Crippen LogP contribution in [0.4, 0.5) is 18.0 Å². The van der Waals surface area contributed by atoms with Gasteiger partial charge in [-0.25, -0.2) is 9.78 Å². The topological polar surface area (TPSA) is 92.4 Å². The van der Waals surface area contributed by atoms with Gasteiger partial charge in [-0.3, -0.25) is 4.79 Å². The summed E-state index contributed by atoms with van der Waals surface area (Å²) in [5.41, 5.74) is 0.507. The number of rotatable bonds is 8. The van der Waals surface area contributed by atoms with Crippen molar-refractivity contribution in [1.29, 1.82) is 0 Å². The maximum absolute atomic E-state index is 12.1. The summed E-state index contributed by atoms with van der Waals surface area (Å²) >= 11 is 0. The molecule has 3 N–H and O–H groups in total. The third-order valence-corrected chi connectivity index (χ3v) is 2.62. The zero-order chi connectivity index (χ0) is 18.0. The highest BCUT2D eigenvalue weighted by atomic mass is 19.4. The Morgan fingerprint density at radius 1 is 1.25 bits per heavy atom. The molecule has 0 aliphatic rings. The number of hydrogen-bond donors (Lipinski definition) is 3. The molecule has 10 heteroatoms. The zero-order valence-corrected chi connectivity index (χ0v) is 13.1. The van der Waals surface area contributed by atoms with Crippen LogP contribution in [0.2, 0.25) is 0 Å². The van der Waals surface area contributed by atoms with Gasteiger partial charge in [0.15, 0.2) is 6.61 Å². The van der Waals surface area contributed by atoms with E-state index in [-0.39, 0.29) is 24.9 Å². The van der Waals surface area contributed by atoms with Gasteiger partial charge < -0.3 is 20.7 Å². The number of pyridine rings is 1. The predicted octanol–water partition coefficient (Wildman–Crippen LogP) is 1.35. The number of aromatic nitrogens is 1. The molecular formula is C14H19F3N4O3. The predicted molar refractivity (Wildman–Crippen MR) is 79.3 cm³/mol.